The summed E-state index contributed by atoms with van der Waals surface area (Å²) in [5.41, 5.74) is 2.58. The van der Waals surface area contributed by atoms with Crippen LogP contribution in [-0.2, 0) is 16.1 Å². The lowest BCUT2D eigenvalue weighted by molar-refractivity contribution is -0.142. The van der Waals surface area contributed by atoms with Crippen LogP contribution in [0.5, 0.6) is 5.75 Å². The van der Waals surface area contributed by atoms with Crippen LogP contribution in [0.1, 0.15) is 44.4 Å². The van der Waals surface area contributed by atoms with Crippen LogP contribution in [0.4, 0.5) is 0 Å². The van der Waals surface area contributed by atoms with Crippen molar-refractivity contribution < 1.29 is 14.3 Å². The topological polar surface area (TPSA) is 58.6 Å². The second kappa shape index (κ2) is 9.98. The zero-order chi connectivity index (χ0) is 22.5. The van der Waals surface area contributed by atoms with Gasteiger partial charge in [0.05, 0.1) is 0 Å². The van der Waals surface area contributed by atoms with E-state index < -0.39 is 11.6 Å². The Morgan fingerprint density at radius 1 is 1.10 bits per heavy atom. The van der Waals surface area contributed by atoms with Crippen molar-refractivity contribution in [3.8, 4) is 5.75 Å². The first kappa shape index (κ1) is 23.7. The third-order valence-corrected chi connectivity index (χ3v) is 5.09. The van der Waals surface area contributed by atoms with Crippen molar-refractivity contribution in [1.82, 2.24) is 10.2 Å². The number of nitrogens with zero attached hydrogens (tertiary/aromatic N) is 1. The molecule has 0 aliphatic heterocycles. The first-order valence-corrected chi connectivity index (χ1v) is 10.4. The number of hydrogen-bond acceptors (Lipinski definition) is 3. The van der Waals surface area contributed by atoms with Crippen LogP contribution in [0.3, 0.4) is 0 Å². The lowest BCUT2D eigenvalue weighted by atomic mass is 10.1. The summed E-state index contributed by atoms with van der Waals surface area (Å²) < 4.78 is 5.80. The summed E-state index contributed by atoms with van der Waals surface area (Å²) in [6.07, 6.45) is 0. The number of ether oxygens (including phenoxy) is 1. The molecule has 5 nitrogen and oxygen atoms in total. The number of halogens is 1. The number of aryl methyl sites for hydroxylation is 1. The Balaban J connectivity index is 2.20. The minimum Gasteiger partial charge on any atom is -0.483 e. The van der Waals surface area contributed by atoms with Crippen LogP contribution in [0, 0.1) is 13.8 Å². The van der Waals surface area contributed by atoms with Crippen LogP contribution in [0.2, 0.25) is 5.02 Å². The van der Waals surface area contributed by atoms with Gasteiger partial charge in [-0.2, -0.15) is 0 Å². The first-order chi connectivity index (χ1) is 14.0. The highest BCUT2D eigenvalue weighted by Gasteiger charge is 2.28. The molecular weight excluding hydrogens is 400 g/mol. The number of carbonyl (C=O) groups excluding carboxylic acids is 2. The molecule has 0 radical (unpaired) electrons. The van der Waals surface area contributed by atoms with Gasteiger partial charge in [-0.05, 0) is 76.4 Å². The number of amides is 2. The van der Waals surface area contributed by atoms with E-state index in [0.717, 1.165) is 16.7 Å². The van der Waals surface area contributed by atoms with Crippen LogP contribution in [0.15, 0.2) is 42.5 Å². The van der Waals surface area contributed by atoms with Gasteiger partial charge >= 0.3 is 0 Å². The van der Waals surface area contributed by atoms with Crippen LogP contribution in [-0.4, -0.2) is 34.9 Å². The van der Waals surface area contributed by atoms with E-state index in [0.29, 0.717) is 10.8 Å². The smallest absolute Gasteiger partial charge is 0.261 e. The fourth-order valence-electron chi connectivity index (χ4n) is 2.95. The van der Waals surface area contributed by atoms with Crippen molar-refractivity contribution in [2.45, 2.75) is 59.7 Å². The minimum atomic E-state index is -0.658. The fourth-order valence-corrected chi connectivity index (χ4v) is 3.07. The maximum Gasteiger partial charge on any atom is 0.261 e. The Labute approximate surface area is 184 Å². The third-order valence-electron chi connectivity index (χ3n) is 4.84. The van der Waals surface area contributed by atoms with E-state index in [1.165, 1.54) is 4.90 Å². The molecule has 2 aromatic rings. The molecule has 2 amide bonds. The highest BCUT2D eigenvalue weighted by Crippen LogP contribution is 2.21. The quantitative estimate of drug-likeness (QED) is 0.694. The number of rotatable bonds is 7. The lowest BCUT2D eigenvalue weighted by Crippen LogP contribution is -2.53. The molecular formula is C24H31ClN2O3. The molecule has 6 heteroatoms. The van der Waals surface area contributed by atoms with Gasteiger partial charge in [-0.25, -0.2) is 0 Å². The fraction of sp³-hybridized carbons (Fsp3) is 0.417. The van der Waals surface area contributed by atoms with E-state index in [4.69, 9.17) is 16.3 Å². The van der Waals surface area contributed by atoms with Gasteiger partial charge in [0.15, 0.2) is 6.61 Å². The van der Waals surface area contributed by atoms with Crippen molar-refractivity contribution in [3.05, 3.63) is 64.2 Å². The van der Waals surface area contributed by atoms with Crippen molar-refractivity contribution in [1.29, 1.82) is 0 Å². The van der Waals surface area contributed by atoms with Crippen molar-refractivity contribution in [2.24, 2.45) is 0 Å². The largest absolute Gasteiger partial charge is 0.483 e. The van der Waals surface area contributed by atoms with Gasteiger partial charge in [0.25, 0.3) is 5.91 Å². The molecule has 0 saturated heterocycles. The summed E-state index contributed by atoms with van der Waals surface area (Å²) in [6.45, 7) is 11.5. The van der Waals surface area contributed by atoms with E-state index in [1.54, 1.807) is 19.1 Å². The van der Waals surface area contributed by atoms with Gasteiger partial charge in [0, 0.05) is 17.1 Å². The SMILES string of the molecule is Cc1cccc(OCC(=O)N(Cc2ccc(Cl)cc2)C(C)C(=O)NC(C)(C)C)c1C. The van der Waals surface area contributed by atoms with Crippen molar-refractivity contribution in [3.63, 3.8) is 0 Å². The molecule has 162 valence electrons. The molecule has 2 aromatic carbocycles. The summed E-state index contributed by atoms with van der Waals surface area (Å²) in [4.78, 5) is 27.4. The first-order valence-electron chi connectivity index (χ1n) is 10.0. The van der Waals surface area contributed by atoms with Gasteiger partial charge < -0.3 is 15.0 Å². The molecule has 0 aliphatic rings. The average Bonchev–Trinajstić information content (AvgIpc) is 2.66. The lowest BCUT2D eigenvalue weighted by Gasteiger charge is -2.31. The predicted molar refractivity (Wildman–Crippen MR) is 121 cm³/mol. The number of carbonyl (C=O) groups is 2. The summed E-state index contributed by atoms with van der Waals surface area (Å²) in [7, 11) is 0. The molecule has 0 aliphatic carbocycles. The Kier molecular flexibility index (Phi) is 7.90. The average molecular weight is 431 g/mol. The minimum absolute atomic E-state index is 0.148. The van der Waals surface area contributed by atoms with Crippen LogP contribution < -0.4 is 10.1 Å². The van der Waals surface area contributed by atoms with Gasteiger partial charge in [-0.15, -0.1) is 0 Å². The van der Waals surface area contributed by atoms with E-state index in [-0.39, 0.29) is 25.0 Å². The zero-order valence-electron chi connectivity index (χ0n) is 18.6. The van der Waals surface area contributed by atoms with Gasteiger partial charge in [0.2, 0.25) is 5.91 Å². The molecule has 0 fully saturated rings. The molecule has 0 heterocycles. The van der Waals surface area contributed by atoms with E-state index in [2.05, 4.69) is 5.32 Å². The summed E-state index contributed by atoms with van der Waals surface area (Å²) >= 11 is 5.98. The van der Waals surface area contributed by atoms with Crippen molar-refractivity contribution >= 4 is 23.4 Å². The molecule has 1 N–H and O–H groups in total. The monoisotopic (exact) mass is 430 g/mol. The zero-order valence-corrected chi connectivity index (χ0v) is 19.3. The van der Waals surface area contributed by atoms with Gasteiger partial charge in [-0.1, -0.05) is 35.9 Å². The summed E-state index contributed by atoms with van der Waals surface area (Å²) in [5, 5.41) is 3.56. The normalized spacial score (nSPS) is 12.2. The summed E-state index contributed by atoms with van der Waals surface area (Å²) in [5.74, 6) is 0.195. The molecule has 0 bridgehead atoms. The van der Waals surface area contributed by atoms with Crippen LogP contribution in [0.25, 0.3) is 0 Å². The Bertz CT molecular complexity index is 888. The maximum absolute atomic E-state index is 13.1. The van der Waals surface area contributed by atoms with Gasteiger partial charge in [-0.3, -0.25) is 9.59 Å². The highest BCUT2D eigenvalue weighted by molar-refractivity contribution is 6.30. The highest BCUT2D eigenvalue weighted by atomic mass is 35.5. The second-order valence-corrected chi connectivity index (χ2v) is 8.99. The summed E-state index contributed by atoms with van der Waals surface area (Å²) in [6, 6.07) is 12.3. The van der Waals surface area contributed by atoms with Gasteiger partial charge in [0.1, 0.15) is 11.8 Å². The third kappa shape index (κ3) is 6.77. The molecule has 2 rings (SSSR count). The standard InChI is InChI=1S/C24H31ClN2O3/c1-16-8-7-9-21(17(16)2)30-15-22(28)27(14-19-10-12-20(25)13-11-19)18(3)23(29)26-24(4,5)6/h7-13,18H,14-15H2,1-6H3,(H,26,29). The molecule has 0 saturated carbocycles. The maximum atomic E-state index is 13.1. The Morgan fingerprint density at radius 2 is 1.73 bits per heavy atom. The molecule has 1 atom stereocenters. The Hall–Kier alpha value is -2.53. The second-order valence-electron chi connectivity index (χ2n) is 8.55. The van der Waals surface area contributed by atoms with E-state index in [9.17, 15) is 9.59 Å². The van der Waals surface area contributed by atoms with Crippen molar-refractivity contribution in [2.75, 3.05) is 6.61 Å². The van der Waals surface area contributed by atoms with E-state index in [1.807, 2.05) is 65.0 Å². The molecule has 30 heavy (non-hydrogen) atoms. The number of hydrogen-bond donors (Lipinski definition) is 1. The molecule has 1 unspecified atom stereocenters. The molecule has 0 spiro atoms. The number of benzene rings is 2. The number of nitrogens with one attached hydrogen (secondary N) is 1. The Morgan fingerprint density at radius 3 is 2.33 bits per heavy atom. The molecule has 0 aromatic heterocycles. The van der Waals surface area contributed by atoms with Crippen LogP contribution >= 0.6 is 11.6 Å². The van der Waals surface area contributed by atoms with E-state index >= 15 is 0 Å². The predicted octanol–water partition coefficient (Wildman–Crippen LogP) is 4.67.